The van der Waals surface area contributed by atoms with Crippen molar-refractivity contribution in [1.29, 1.82) is 0 Å². The fourth-order valence-electron chi connectivity index (χ4n) is 3.26. The minimum Gasteiger partial charge on any atom is -0.381 e. The molecule has 2 heterocycles. The van der Waals surface area contributed by atoms with Crippen molar-refractivity contribution in [1.82, 2.24) is 10.2 Å². The van der Waals surface area contributed by atoms with Crippen LogP contribution in [0, 0.1) is 5.92 Å². The predicted octanol–water partition coefficient (Wildman–Crippen LogP) is 0.937. The number of rotatable bonds is 4. The molecule has 0 aromatic heterocycles. The zero-order valence-corrected chi connectivity index (χ0v) is 14.0. The fourth-order valence-corrected chi connectivity index (χ4v) is 3.26. The van der Waals surface area contributed by atoms with Crippen LogP contribution in [0.3, 0.4) is 0 Å². The number of ether oxygens (including phenoxy) is 1. The summed E-state index contributed by atoms with van der Waals surface area (Å²) >= 11 is 0. The van der Waals surface area contributed by atoms with E-state index in [0.717, 1.165) is 51.6 Å². The van der Waals surface area contributed by atoms with Gasteiger partial charge in [-0.2, -0.15) is 0 Å². The molecule has 5 nitrogen and oxygen atoms in total. The Morgan fingerprint density at radius 2 is 1.81 bits per heavy atom. The van der Waals surface area contributed by atoms with Crippen molar-refractivity contribution in [3.05, 3.63) is 0 Å². The number of nitrogens with one attached hydrogen (secondary N) is 1. The molecule has 2 atom stereocenters. The second kappa shape index (κ2) is 8.53. The van der Waals surface area contributed by atoms with Crippen LogP contribution < -0.4 is 11.1 Å². The molecule has 124 valence electrons. The first-order chi connectivity index (χ1) is 9.24. The van der Waals surface area contributed by atoms with Gasteiger partial charge in [0.2, 0.25) is 5.91 Å². The highest BCUT2D eigenvalue weighted by Crippen LogP contribution is 2.29. The van der Waals surface area contributed by atoms with Gasteiger partial charge < -0.3 is 15.8 Å². The quantitative estimate of drug-likeness (QED) is 0.799. The maximum absolute atomic E-state index is 12.2. The molecule has 0 bridgehead atoms. The van der Waals surface area contributed by atoms with Crippen molar-refractivity contribution in [2.45, 2.75) is 50.2 Å². The minimum atomic E-state index is -0.362. The van der Waals surface area contributed by atoms with E-state index in [-0.39, 0.29) is 42.7 Å². The molecule has 7 heteroatoms. The molecular formula is C14H27Cl2N3O2. The number of nitrogens with zero attached hydrogens (tertiary/aromatic N) is 1. The van der Waals surface area contributed by atoms with Gasteiger partial charge in [0.05, 0.1) is 6.04 Å². The number of carbonyl (C=O) groups is 1. The Morgan fingerprint density at radius 3 is 2.43 bits per heavy atom. The average molecular weight is 340 g/mol. The number of amides is 1. The molecule has 3 rings (SSSR count). The Hall–Kier alpha value is -0.0700. The van der Waals surface area contributed by atoms with Gasteiger partial charge in [0.15, 0.2) is 0 Å². The molecule has 0 radical (unpaired) electrons. The third-order valence-electron chi connectivity index (χ3n) is 4.71. The van der Waals surface area contributed by atoms with Gasteiger partial charge in [-0.3, -0.25) is 9.69 Å². The van der Waals surface area contributed by atoms with Crippen LogP contribution >= 0.6 is 24.8 Å². The fraction of sp³-hybridized carbons (Fsp3) is 0.929. The summed E-state index contributed by atoms with van der Waals surface area (Å²) in [6.07, 6.45) is 5.56. The SMILES string of the molecule is Cl.Cl.NC(C(=O)NC1CCN(C2CC2)C1)C1CCOCC1. The Bertz CT molecular complexity index is 336. The normalized spacial score (nSPS) is 28.3. The lowest BCUT2D eigenvalue weighted by molar-refractivity contribution is -0.125. The van der Waals surface area contributed by atoms with E-state index in [2.05, 4.69) is 10.2 Å². The summed E-state index contributed by atoms with van der Waals surface area (Å²) in [6.45, 7) is 3.62. The van der Waals surface area contributed by atoms with E-state index in [4.69, 9.17) is 10.5 Å². The molecule has 3 aliphatic rings. The van der Waals surface area contributed by atoms with Crippen molar-refractivity contribution < 1.29 is 9.53 Å². The maximum atomic E-state index is 12.2. The van der Waals surface area contributed by atoms with Crippen LogP contribution in [0.1, 0.15) is 32.1 Å². The lowest BCUT2D eigenvalue weighted by atomic mass is 9.91. The standard InChI is InChI=1S/C14H25N3O2.2ClH/c15-13(10-4-7-19-8-5-10)14(18)16-11-3-6-17(9-11)12-1-2-12;;/h10-13H,1-9,15H2,(H,16,18);2*1H. The number of likely N-dealkylation sites (tertiary alicyclic amines) is 1. The highest BCUT2D eigenvalue weighted by molar-refractivity contribution is 5.85. The van der Waals surface area contributed by atoms with Crippen molar-refractivity contribution in [3.8, 4) is 0 Å². The number of halogens is 2. The molecule has 0 aromatic carbocycles. The van der Waals surface area contributed by atoms with E-state index in [0.29, 0.717) is 6.04 Å². The summed E-state index contributed by atoms with van der Waals surface area (Å²) < 4.78 is 5.32. The maximum Gasteiger partial charge on any atom is 0.237 e. The molecule has 3 fully saturated rings. The van der Waals surface area contributed by atoms with E-state index in [1.807, 2.05) is 0 Å². The van der Waals surface area contributed by atoms with Crippen molar-refractivity contribution >= 4 is 30.7 Å². The molecule has 2 saturated heterocycles. The van der Waals surface area contributed by atoms with Crippen molar-refractivity contribution in [3.63, 3.8) is 0 Å². The highest BCUT2D eigenvalue weighted by atomic mass is 35.5. The molecule has 3 N–H and O–H groups in total. The lowest BCUT2D eigenvalue weighted by Crippen LogP contribution is -2.50. The number of carbonyl (C=O) groups excluding carboxylic acids is 1. The van der Waals surface area contributed by atoms with Gasteiger partial charge in [-0.25, -0.2) is 0 Å². The number of hydrogen-bond donors (Lipinski definition) is 2. The molecule has 2 aliphatic heterocycles. The number of hydrogen-bond acceptors (Lipinski definition) is 4. The Kier molecular flexibility index (Phi) is 7.71. The second-order valence-corrected chi connectivity index (χ2v) is 6.20. The largest absolute Gasteiger partial charge is 0.381 e. The summed E-state index contributed by atoms with van der Waals surface area (Å²) in [5.74, 6) is 0.323. The van der Waals surface area contributed by atoms with Gasteiger partial charge in [0.1, 0.15) is 0 Å². The summed E-state index contributed by atoms with van der Waals surface area (Å²) in [4.78, 5) is 14.7. The zero-order valence-electron chi connectivity index (χ0n) is 12.3. The summed E-state index contributed by atoms with van der Waals surface area (Å²) in [6, 6.07) is 0.740. The van der Waals surface area contributed by atoms with Gasteiger partial charge in [0.25, 0.3) is 0 Å². The number of nitrogens with two attached hydrogens (primary N) is 1. The Labute approximate surface area is 139 Å². The molecule has 2 unspecified atom stereocenters. The first kappa shape index (κ1) is 19.0. The van der Waals surface area contributed by atoms with Gasteiger partial charge in [0, 0.05) is 38.4 Å². The summed E-state index contributed by atoms with van der Waals surface area (Å²) in [5, 5.41) is 3.14. The van der Waals surface area contributed by atoms with Crippen LogP contribution in [0.4, 0.5) is 0 Å². The molecular weight excluding hydrogens is 313 g/mol. The highest BCUT2D eigenvalue weighted by Gasteiger charge is 2.36. The Morgan fingerprint density at radius 1 is 1.14 bits per heavy atom. The van der Waals surface area contributed by atoms with E-state index in [1.54, 1.807) is 0 Å². The van der Waals surface area contributed by atoms with Gasteiger partial charge in [-0.1, -0.05) is 0 Å². The average Bonchev–Trinajstić information content (AvgIpc) is 3.20. The monoisotopic (exact) mass is 339 g/mol. The van der Waals surface area contributed by atoms with E-state index >= 15 is 0 Å². The first-order valence-corrected chi connectivity index (χ1v) is 7.62. The summed E-state index contributed by atoms with van der Waals surface area (Å²) in [5.41, 5.74) is 6.10. The molecule has 0 spiro atoms. The lowest BCUT2D eigenvalue weighted by Gasteiger charge is -2.27. The molecule has 1 saturated carbocycles. The Balaban J connectivity index is 0.00000110. The molecule has 0 aromatic rings. The molecule has 1 aliphatic carbocycles. The second-order valence-electron chi connectivity index (χ2n) is 6.20. The molecule has 21 heavy (non-hydrogen) atoms. The van der Waals surface area contributed by atoms with Gasteiger partial charge in [-0.15, -0.1) is 24.8 Å². The van der Waals surface area contributed by atoms with Crippen LogP contribution in [0.15, 0.2) is 0 Å². The van der Waals surface area contributed by atoms with Crippen LogP contribution in [-0.2, 0) is 9.53 Å². The van der Waals surface area contributed by atoms with Gasteiger partial charge >= 0.3 is 0 Å². The minimum absolute atomic E-state index is 0. The predicted molar refractivity (Wildman–Crippen MR) is 87.2 cm³/mol. The smallest absolute Gasteiger partial charge is 0.237 e. The van der Waals surface area contributed by atoms with Crippen molar-refractivity contribution in [2.75, 3.05) is 26.3 Å². The van der Waals surface area contributed by atoms with E-state index < -0.39 is 0 Å². The van der Waals surface area contributed by atoms with Crippen molar-refractivity contribution in [2.24, 2.45) is 11.7 Å². The van der Waals surface area contributed by atoms with Crippen LogP contribution in [-0.4, -0.2) is 55.2 Å². The topological polar surface area (TPSA) is 67.6 Å². The van der Waals surface area contributed by atoms with Crippen LogP contribution in [0.2, 0.25) is 0 Å². The molecule has 1 amide bonds. The summed E-state index contributed by atoms with van der Waals surface area (Å²) in [7, 11) is 0. The van der Waals surface area contributed by atoms with E-state index in [9.17, 15) is 4.79 Å². The van der Waals surface area contributed by atoms with Gasteiger partial charge in [-0.05, 0) is 38.0 Å². The third-order valence-corrected chi connectivity index (χ3v) is 4.71. The van der Waals surface area contributed by atoms with E-state index in [1.165, 1.54) is 12.8 Å². The van der Waals surface area contributed by atoms with Crippen LogP contribution in [0.5, 0.6) is 0 Å². The zero-order chi connectivity index (χ0) is 13.2. The van der Waals surface area contributed by atoms with Crippen LogP contribution in [0.25, 0.3) is 0 Å². The first-order valence-electron chi connectivity index (χ1n) is 7.62. The third kappa shape index (κ3) is 4.96.